The average molecular weight is 343 g/mol. The van der Waals surface area contributed by atoms with E-state index in [4.69, 9.17) is 9.26 Å². The first-order valence-electron chi connectivity index (χ1n) is 8.75. The Morgan fingerprint density at radius 3 is 2.92 bits per heavy atom. The first kappa shape index (κ1) is 16.1. The number of aromatic nitrogens is 4. The third kappa shape index (κ3) is 3.68. The smallest absolute Gasteiger partial charge is 0.274 e. The number of hydrogen-bond donors (Lipinski definition) is 0. The number of carbonyl (C=O) groups is 1. The summed E-state index contributed by atoms with van der Waals surface area (Å²) in [6.45, 7) is 2.93. The standard InChI is InChI=1S/C17H21N5O3/c23-17(14-10-18-4-5-19-14)22-6-1-12(11-22)9-15-20-16(25-21-15)13-2-7-24-8-3-13/h4-5,10,12-13H,1-3,6-9,11H2. The Labute approximate surface area is 145 Å². The molecule has 0 radical (unpaired) electrons. The zero-order valence-electron chi connectivity index (χ0n) is 14.0. The van der Waals surface area contributed by atoms with Crippen LogP contribution in [0.15, 0.2) is 23.1 Å². The summed E-state index contributed by atoms with van der Waals surface area (Å²) >= 11 is 0. The molecule has 2 saturated heterocycles. The highest BCUT2D eigenvalue weighted by atomic mass is 16.5. The molecule has 2 aliphatic heterocycles. The van der Waals surface area contributed by atoms with Crippen molar-refractivity contribution in [2.75, 3.05) is 26.3 Å². The van der Waals surface area contributed by atoms with Crippen molar-refractivity contribution in [1.29, 1.82) is 0 Å². The minimum Gasteiger partial charge on any atom is -0.381 e. The highest BCUT2D eigenvalue weighted by molar-refractivity contribution is 5.92. The summed E-state index contributed by atoms with van der Waals surface area (Å²) in [7, 11) is 0. The number of amides is 1. The van der Waals surface area contributed by atoms with Gasteiger partial charge >= 0.3 is 0 Å². The summed E-state index contributed by atoms with van der Waals surface area (Å²) in [5.74, 6) is 2.06. The van der Waals surface area contributed by atoms with Crippen LogP contribution in [0.5, 0.6) is 0 Å². The normalized spacial score (nSPS) is 21.6. The molecule has 2 fully saturated rings. The lowest BCUT2D eigenvalue weighted by Crippen LogP contribution is -2.29. The van der Waals surface area contributed by atoms with E-state index in [1.165, 1.54) is 12.4 Å². The zero-order chi connectivity index (χ0) is 17.1. The van der Waals surface area contributed by atoms with Crippen LogP contribution in [0.1, 0.15) is 47.4 Å². The molecule has 0 aliphatic carbocycles. The second-order valence-corrected chi connectivity index (χ2v) is 6.64. The number of ether oxygens (including phenoxy) is 1. The fourth-order valence-electron chi connectivity index (χ4n) is 3.47. The Kier molecular flexibility index (Phi) is 4.69. The highest BCUT2D eigenvalue weighted by Crippen LogP contribution is 2.26. The number of likely N-dealkylation sites (tertiary alicyclic amines) is 1. The van der Waals surface area contributed by atoms with E-state index in [9.17, 15) is 4.79 Å². The largest absolute Gasteiger partial charge is 0.381 e. The monoisotopic (exact) mass is 343 g/mol. The van der Waals surface area contributed by atoms with Crippen molar-refractivity contribution >= 4 is 5.91 Å². The molecule has 2 aromatic rings. The second-order valence-electron chi connectivity index (χ2n) is 6.64. The first-order valence-corrected chi connectivity index (χ1v) is 8.75. The number of carbonyl (C=O) groups excluding carboxylic acids is 1. The van der Waals surface area contributed by atoms with Crippen molar-refractivity contribution in [1.82, 2.24) is 25.0 Å². The minimum atomic E-state index is -0.0633. The van der Waals surface area contributed by atoms with Crippen LogP contribution >= 0.6 is 0 Å². The molecule has 4 rings (SSSR count). The molecule has 25 heavy (non-hydrogen) atoms. The maximum absolute atomic E-state index is 12.4. The molecule has 1 unspecified atom stereocenters. The van der Waals surface area contributed by atoms with Gasteiger partial charge < -0.3 is 14.2 Å². The van der Waals surface area contributed by atoms with Gasteiger partial charge in [-0.2, -0.15) is 4.98 Å². The van der Waals surface area contributed by atoms with E-state index in [1.54, 1.807) is 6.20 Å². The Morgan fingerprint density at radius 2 is 2.12 bits per heavy atom. The van der Waals surface area contributed by atoms with E-state index in [1.807, 2.05) is 4.90 Å². The van der Waals surface area contributed by atoms with Crippen molar-refractivity contribution in [3.8, 4) is 0 Å². The molecular formula is C17H21N5O3. The van der Waals surface area contributed by atoms with Gasteiger partial charge in [-0.1, -0.05) is 5.16 Å². The molecular weight excluding hydrogens is 322 g/mol. The van der Waals surface area contributed by atoms with Crippen molar-refractivity contribution in [2.24, 2.45) is 5.92 Å². The van der Waals surface area contributed by atoms with Gasteiger partial charge in [0.15, 0.2) is 5.82 Å². The van der Waals surface area contributed by atoms with Crippen molar-refractivity contribution < 1.29 is 14.1 Å². The van der Waals surface area contributed by atoms with Crippen molar-refractivity contribution in [3.63, 3.8) is 0 Å². The molecule has 8 heteroatoms. The van der Waals surface area contributed by atoms with Crippen LogP contribution in [-0.2, 0) is 11.2 Å². The van der Waals surface area contributed by atoms with E-state index in [0.29, 0.717) is 24.1 Å². The predicted octanol–water partition coefficient (Wildman–Crippen LogP) is 1.46. The molecule has 1 amide bonds. The van der Waals surface area contributed by atoms with Gasteiger partial charge in [0.05, 0.1) is 6.20 Å². The summed E-state index contributed by atoms with van der Waals surface area (Å²) in [5.41, 5.74) is 0.393. The zero-order valence-corrected chi connectivity index (χ0v) is 14.0. The number of hydrogen-bond acceptors (Lipinski definition) is 7. The molecule has 1 atom stereocenters. The molecule has 0 bridgehead atoms. The summed E-state index contributed by atoms with van der Waals surface area (Å²) < 4.78 is 10.8. The van der Waals surface area contributed by atoms with Gasteiger partial charge in [-0.15, -0.1) is 0 Å². The minimum absolute atomic E-state index is 0.0633. The summed E-state index contributed by atoms with van der Waals surface area (Å²) in [6, 6.07) is 0. The van der Waals surface area contributed by atoms with E-state index >= 15 is 0 Å². The maximum Gasteiger partial charge on any atom is 0.274 e. The Morgan fingerprint density at radius 1 is 1.24 bits per heavy atom. The maximum atomic E-state index is 12.4. The van der Waals surface area contributed by atoms with Gasteiger partial charge in [-0.3, -0.25) is 9.78 Å². The quantitative estimate of drug-likeness (QED) is 0.829. The molecule has 0 saturated carbocycles. The molecule has 2 aromatic heterocycles. The average Bonchev–Trinajstić information content (AvgIpc) is 3.33. The molecule has 2 aliphatic rings. The van der Waals surface area contributed by atoms with Gasteiger partial charge in [0, 0.05) is 51.0 Å². The summed E-state index contributed by atoms with van der Waals surface area (Å²) in [6.07, 6.45) is 8.16. The molecule has 4 heterocycles. The van der Waals surface area contributed by atoms with Gasteiger partial charge in [0.2, 0.25) is 5.89 Å². The van der Waals surface area contributed by atoms with E-state index in [0.717, 1.165) is 57.2 Å². The van der Waals surface area contributed by atoms with Gasteiger partial charge in [-0.25, -0.2) is 4.98 Å². The fraction of sp³-hybridized carbons (Fsp3) is 0.588. The van der Waals surface area contributed by atoms with Gasteiger partial charge in [0.25, 0.3) is 5.91 Å². The van der Waals surface area contributed by atoms with E-state index in [2.05, 4.69) is 20.1 Å². The van der Waals surface area contributed by atoms with Gasteiger partial charge in [0.1, 0.15) is 5.69 Å². The lowest BCUT2D eigenvalue weighted by Gasteiger charge is -2.18. The SMILES string of the molecule is O=C(c1cnccn1)N1CCC(Cc2noc(C3CCOCC3)n2)C1. The van der Waals surface area contributed by atoms with Crippen LogP contribution in [0, 0.1) is 5.92 Å². The summed E-state index contributed by atoms with van der Waals surface area (Å²) in [5, 5.41) is 4.13. The molecule has 132 valence electrons. The third-order valence-corrected chi connectivity index (χ3v) is 4.88. The Hall–Kier alpha value is -2.35. The Balaban J connectivity index is 1.33. The highest BCUT2D eigenvalue weighted by Gasteiger charge is 2.29. The van der Waals surface area contributed by atoms with Crippen LogP contribution in [0.2, 0.25) is 0 Å². The molecule has 0 N–H and O–H groups in total. The van der Waals surface area contributed by atoms with Crippen LogP contribution in [0.25, 0.3) is 0 Å². The van der Waals surface area contributed by atoms with Crippen LogP contribution in [-0.4, -0.2) is 57.2 Å². The van der Waals surface area contributed by atoms with E-state index < -0.39 is 0 Å². The lowest BCUT2D eigenvalue weighted by molar-refractivity contribution is 0.0777. The van der Waals surface area contributed by atoms with Crippen molar-refractivity contribution in [2.45, 2.75) is 31.6 Å². The lowest BCUT2D eigenvalue weighted by atomic mass is 10.0. The Bertz CT molecular complexity index is 714. The fourth-order valence-corrected chi connectivity index (χ4v) is 3.47. The topological polar surface area (TPSA) is 94.2 Å². The third-order valence-electron chi connectivity index (χ3n) is 4.88. The second kappa shape index (κ2) is 7.26. The molecule has 0 aromatic carbocycles. The molecule has 0 spiro atoms. The molecule has 8 nitrogen and oxygen atoms in total. The predicted molar refractivity (Wildman–Crippen MR) is 86.8 cm³/mol. The van der Waals surface area contributed by atoms with E-state index in [-0.39, 0.29) is 5.91 Å². The van der Waals surface area contributed by atoms with Crippen LogP contribution < -0.4 is 0 Å². The van der Waals surface area contributed by atoms with Gasteiger partial charge in [-0.05, 0) is 25.2 Å². The summed E-state index contributed by atoms with van der Waals surface area (Å²) in [4.78, 5) is 26.9. The number of rotatable bonds is 4. The van der Waals surface area contributed by atoms with Crippen molar-refractivity contribution in [3.05, 3.63) is 36.0 Å². The first-order chi connectivity index (χ1) is 12.3. The van der Waals surface area contributed by atoms with Crippen LogP contribution in [0.4, 0.5) is 0 Å². The number of nitrogens with zero attached hydrogens (tertiary/aromatic N) is 5. The van der Waals surface area contributed by atoms with Crippen LogP contribution in [0.3, 0.4) is 0 Å².